The Balaban J connectivity index is 1.80. The molecule has 0 bridgehead atoms. The van der Waals surface area contributed by atoms with E-state index in [1.54, 1.807) is 48.7 Å². The SMILES string of the molecule is CC(C)(Oc1ncc(-c2ccc(Cl)cc2)c(-c2ccc(Cl)cc2Cl)n1)c1ccc(F)cc1. The lowest BCUT2D eigenvalue weighted by atomic mass is 9.98. The minimum absolute atomic E-state index is 0.165. The van der Waals surface area contributed by atoms with Crippen molar-refractivity contribution in [1.82, 2.24) is 9.97 Å². The molecule has 0 saturated carbocycles. The molecule has 0 saturated heterocycles. The molecule has 162 valence electrons. The molecule has 7 heteroatoms. The maximum atomic E-state index is 13.3. The van der Waals surface area contributed by atoms with Crippen molar-refractivity contribution in [3.63, 3.8) is 0 Å². The van der Waals surface area contributed by atoms with Crippen molar-refractivity contribution in [2.24, 2.45) is 0 Å². The molecule has 0 aliphatic rings. The van der Waals surface area contributed by atoms with Gasteiger partial charge in [-0.3, -0.25) is 0 Å². The van der Waals surface area contributed by atoms with Gasteiger partial charge in [0.05, 0.1) is 10.7 Å². The Morgan fingerprint density at radius 3 is 2.12 bits per heavy atom. The Bertz CT molecular complexity index is 1260. The summed E-state index contributed by atoms with van der Waals surface area (Å²) in [6, 6.07) is 18.9. The first-order valence-electron chi connectivity index (χ1n) is 9.76. The monoisotopic (exact) mass is 486 g/mol. The summed E-state index contributed by atoms with van der Waals surface area (Å²) in [7, 11) is 0. The molecule has 3 aromatic carbocycles. The summed E-state index contributed by atoms with van der Waals surface area (Å²) in [6.07, 6.45) is 1.69. The first-order valence-corrected chi connectivity index (χ1v) is 10.9. The van der Waals surface area contributed by atoms with E-state index in [2.05, 4.69) is 4.98 Å². The third-order valence-corrected chi connectivity index (χ3v) is 5.79. The third-order valence-electron chi connectivity index (χ3n) is 4.99. The second-order valence-corrected chi connectivity index (χ2v) is 8.95. The van der Waals surface area contributed by atoms with Crippen LogP contribution in [0.2, 0.25) is 15.1 Å². The van der Waals surface area contributed by atoms with Crippen molar-refractivity contribution in [3.8, 4) is 28.4 Å². The molecule has 1 heterocycles. The summed E-state index contributed by atoms with van der Waals surface area (Å²) in [5.41, 5.74) is 2.91. The van der Waals surface area contributed by atoms with E-state index in [1.165, 1.54) is 12.1 Å². The molecule has 0 fully saturated rings. The van der Waals surface area contributed by atoms with E-state index in [1.807, 2.05) is 26.0 Å². The fourth-order valence-corrected chi connectivity index (χ4v) is 3.90. The van der Waals surface area contributed by atoms with E-state index in [4.69, 9.17) is 44.5 Å². The zero-order valence-electron chi connectivity index (χ0n) is 17.2. The van der Waals surface area contributed by atoms with E-state index in [0.717, 1.165) is 16.7 Å². The Labute approximate surface area is 200 Å². The number of halogens is 4. The van der Waals surface area contributed by atoms with Gasteiger partial charge in [0, 0.05) is 27.4 Å². The molecule has 0 aliphatic carbocycles. The molecule has 0 unspecified atom stereocenters. The van der Waals surface area contributed by atoms with Gasteiger partial charge in [0.25, 0.3) is 0 Å². The highest BCUT2D eigenvalue weighted by Gasteiger charge is 2.25. The van der Waals surface area contributed by atoms with Crippen LogP contribution in [0.3, 0.4) is 0 Å². The van der Waals surface area contributed by atoms with Crippen molar-refractivity contribution in [1.29, 1.82) is 0 Å². The number of nitrogens with zero attached hydrogens (tertiary/aromatic N) is 2. The smallest absolute Gasteiger partial charge is 0.317 e. The van der Waals surface area contributed by atoms with Gasteiger partial charge in [0.1, 0.15) is 11.4 Å². The normalized spacial score (nSPS) is 11.4. The van der Waals surface area contributed by atoms with Gasteiger partial charge in [-0.05, 0) is 67.4 Å². The topological polar surface area (TPSA) is 35.0 Å². The van der Waals surface area contributed by atoms with Gasteiger partial charge in [-0.1, -0.05) is 59.1 Å². The van der Waals surface area contributed by atoms with Crippen molar-refractivity contribution in [2.75, 3.05) is 0 Å². The van der Waals surface area contributed by atoms with Gasteiger partial charge < -0.3 is 4.74 Å². The quantitative estimate of drug-likeness (QED) is 0.284. The van der Waals surface area contributed by atoms with Crippen LogP contribution in [0.5, 0.6) is 6.01 Å². The lowest BCUT2D eigenvalue weighted by Gasteiger charge is -2.26. The molecule has 0 radical (unpaired) electrons. The van der Waals surface area contributed by atoms with E-state index >= 15 is 0 Å². The van der Waals surface area contributed by atoms with Crippen LogP contribution in [0.25, 0.3) is 22.4 Å². The number of hydrogen-bond donors (Lipinski definition) is 0. The largest absolute Gasteiger partial charge is 0.453 e. The fourth-order valence-electron chi connectivity index (χ4n) is 3.28. The van der Waals surface area contributed by atoms with Crippen LogP contribution in [0.1, 0.15) is 19.4 Å². The summed E-state index contributed by atoms with van der Waals surface area (Å²) in [4.78, 5) is 9.12. The van der Waals surface area contributed by atoms with Gasteiger partial charge in [-0.25, -0.2) is 9.37 Å². The van der Waals surface area contributed by atoms with Gasteiger partial charge in [0.2, 0.25) is 0 Å². The van der Waals surface area contributed by atoms with E-state index in [-0.39, 0.29) is 11.8 Å². The van der Waals surface area contributed by atoms with Crippen LogP contribution in [0, 0.1) is 5.82 Å². The van der Waals surface area contributed by atoms with Crippen molar-refractivity contribution in [3.05, 3.63) is 99.4 Å². The summed E-state index contributed by atoms with van der Waals surface area (Å²) < 4.78 is 19.5. The molecular weight excluding hydrogens is 470 g/mol. The molecule has 0 aliphatic heterocycles. The average molecular weight is 488 g/mol. The third kappa shape index (κ3) is 4.88. The molecule has 32 heavy (non-hydrogen) atoms. The first kappa shape index (κ1) is 22.5. The molecule has 1 aromatic heterocycles. The Kier molecular flexibility index (Phi) is 6.38. The van der Waals surface area contributed by atoms with Crippen molar-refractivity contribution >= 4 is 34.8 Å². The van der Waals surface area contributed by atoms with Crippen LogP contribution in [-0.2, 0) is 5.60 Å². The highest BCUT2D eigenvalue weighted by atomic mass is 35.5. The zero-order valence-corrected chi connectivity index (χ0v) is 19.5. The predicted octanol–water partition coefficient (Wildman–Crippen LogP) is 8.22. The lowest BCUT2D eigenvalue weighted by molar-refractivity contribution is 0.0953. The summed E-state index contributed by atoms with van der Waals surface area (Å²) in [6.45, 7) is 3.73. The Morgan fingerprint density at radius 1 is 0.812 bits per heavy atom. The first-order chi connectivity index (χ1) is 15.2. The summed E-state index contributed by atoms with van der Waals surface area (Å²) >= 11 is 18.6. The number of ether oxygens (including phenoxy) is 1. The maximum absolute atomic E-state index is 13.3. The summed E-state index contributed by atoms with van der Waals surface area (Å²) in [5, 5.41) is 1.60. The molecule has 4 aromatic rings. The van der Waals surface area contributed by atoms with Gasteiger partial charge in [-0.2, -0.15) is 4.98 Å². The fraction of sp³-hybridized carbons (Fsp3) is 0.120. The molecule has 4 rings (SSSR count). The van der Waals surface area contributed by atoms with Crippen molar-refractivity contribution < 1.29 is 9.13 Å². The average Bonchev–Trinajstić information content (AvgIpc) is 2.74. The Morgan fingerprint density at radius 2 is 1.47 bits per heavy atom. The highest BCUT2D eigenvalue weighted by molar-refractivity contribution is 6.36. The lowest BCUT2D eigenvalue weighted by Crippen LogP contribution is -2.26. The number of rotatable bonds is 5. The predicted molar refractivity (Wildman–Crippen MR) is 128 cm³/mol. The number of benzene rings is 3. The van der Waals surface area contributed by atoms with Crippen molar-refractivity contribution in [2.45, 2.75) is 19.4 Å². The van der Waals surface area contributed by atoms with Crippen LogP contribution >= 0.6 is 34.8 Å². The molecule has 0 atom stereocenters. The number of hydrogen-bond acceptors (Lipinski definition) is 3. The van der Waals surface area contributed by atoms with Crippen LogP contribution in [0.15, 0.2) is 72.9 Å². The molecule has 0 amide bonds. The van der Waals surface area contributed by atoms with Crippen LogP contribution < -0.4 is 4.74 Å². The zero-order chi connectivity index (χ0) is 22.9. The molecular formula is C25H18Cl3FN2O. The van der Waals surface area contributed by atoms with E-state index in [9.17, 15) is 4.39 Å². The molecule has 3 nitrogen and oxygen atoms in total. The summed E-state index contributed by atoms with van der Waals surface area (Å²) in [5.74, 6) is -0.312. The maximum Gasteiger partial charge on any atom is 0.317 e. The Hall–Kier alpha value is -2.66. The molecule has 0 N–H and O–H groups in total. The highest BCUT2D eigenvalue weighted by Crippen LogP contribution is 2.37. The molecule has 0 spiro atoms. The second kappa shape index (κ2) is 9.07. The second-order valence-electron chi connectivity index (χ2n) is 7.67. The van der Waals surface area contributed by atoms with Gasteiger partial charge in [0.15, 0.2) is 0 Å². The minimum atomic E-state index is -0.795. The number of aromatic nitrogens is 2. The van der Waals surface area contributed by atoms with Crippen LogP contribution in [-0.4, -0.2) is 9.97 Å². The van der Waals surface area contributed by atoms with E-state index in [0.29, 0.717) is 26.3 Å². The van der Waals surface area contributed by atoms with E-state index < -0.39 is 5.60 Å². The minimum Gasteiger partial charge on any atom is -0.453 e. The standard InChI is InChI=1S/C25H18Cl3FN2O/c1-25(2,16-5-10-19(29)11-6-16)32-24-30-14-21(15-3-7-17(26)8-4-15)23(31-24)20-12-9-18(27)13-22(20)28/h3-14H,1-2H3. The van der Waals surface area contributed by atoms with Crippen LogP contribution in [0.4, 0.5) is 4.39 Å². The van der Waals surface area contributed by atoms with Gasteiger partial charge >= 0.3 is 6.01 Å². The van der Waals surface area contributed by atoms with Gasteiger partial charge in [-0.15, -0.1) is 0 Å².